The third kappa shape index (κ3) is 3.44. The van der Waals surface area contributed by atoms with Gasteiger partial charge in [0, 0.05) is 30.1 Å². The maximum absolute atomic E-state index is 11.8. The van der Waals surface area contributed by atoms with Gasteiger partial charge in [0.05, 0.1) is 5.39 Å². The van der Waals surface area contributed by atoms with E-state index in [1.54, 1.807) is 17.7 Å². The lowest BCUT2D eigenvalue weighted by Gasteiger charge is -2.29. The molecule has 10 heteroatoms. The lowest BCUT2D eigenvalue weighted by atomic mass is 9.91. The highest BCUT2D eigenvalue weighted by Gasteiger charge is 2.29. The molecular weight excluding hydrogens is 372 g/mol. The van der Waals surface area contributed by atoms with Gasteiger partial charge >= 0.3 is 0 Å². The van der Waals surface area contributed by atoms with Gasteiger partial charge < -0.3 is 10.6 Å². The molecule has 0 radical (unpaired) electrons. The molecule has 0 bridgehead atoms. The number of nitrogens with two attached hydrogens (primary N) is 1. The molecule has 1 fully saturated rings. The Morgan fingerprint density at radius 1 is 1.23 bits per heavy atom. The van der Waals surface area contributed by atoms with Crippen LogP contribution in [0.1, 0.15) is 36.1 Å². The molecule has 0 amide bonds. The second-order valence-electron chi connectivity index (χ2n) is 7.02. The third-order valence-electron chi connectivity index (χ3n) is 5.43. The molecule has 0 saturated heterocycles. The molecule has 2 aromatic heterocycles. The van der Waals surface area contributed by atoms with Gasteiger partial charge in [-0.05, 0) is 44.7 Å². The molecule has 2 aliphatic rings. The SMILES string of the molecule is CN[C@H]1CC[C@H](Nc2ncnc3sc4c(c23)CN(S(N)(=O)=O)CC4)CC1. The highest BCUT2D eigenvalue weighted by Crippen LogP contribution is 2.38. The largest absolute Gasteiger partial charge is 0.367 e. The molecule has 4 rings (SSSR count). The van der Waals surface area contributed by atoms with E-state index in [9.17, 15) is 8.42 Å². The predicted octanol–water partition coefficient (Wildman–Crippen LogP) is 1.20. The zero-order valence-electron chi connectivity index (χ0n) is 14.7. The standard InChI is InChI=1S/C16H24N6O2S2/c1-18-10-2-4-11(5-3-10)21-15-14-12-8-22(26(17,23)24)7-6-13(12)25-16(14)20-9-19-15/h9-11,18H,2-8H2,1H3,(H2,17,23,24)(H,19,20,21)/t10-,11-. The number of fused-ring (bicyclic) bond motifs is 3. The zero-order valence-corrected chi connectivity index (χ0v) is 16.4. The summed E-state index contributed by atoms with van der Waals surface area (Å²) in [6.07, 6.45) is 6.72. The van der Waals surface area contributed by atoms with E-state index < -0.39 is 10.2 Å². The molecule has 3 heterocycles. The summed E-state index contributed by atoms with van der Waals surface area (Å²) in [4.78, 5) is 11.0. The van der Waals surface area contributed by atoms with Gasteiger partial charge in [-0.2, -0.15) is 12.7 Å². The summed E-state index contributed by atoms with van der Waals surface area (Å²) in [5, 5.41) is 13.2. The van der Waals surface area contributed by atoms with Crippen LogP contribution in [0.4, 0.5) is 5.82 Å². The lowest BCUT2D eigenvalue weighted by molar-refractivity contribution is 0.371. The first-order valence-corrected chi connectivity index (χ1v) is 11.2. The molecule has 26 heavy (non-hydrogen) atoms. The number of thiophene rings is 1. The van der Waals surface area contributed by atoms with E-state index >= 15 is 0 Å². The number of aromatic nitrogens is 2. The third-order valence-corrected chi connectivity index (χ3v) is 7.66. The van der Waals surface area contributed by atoms with Gasteiger partial charge in [0.1, 0.15) is 17.0 Å². The van der Waals surface area contributed by atoms with E-state index in [0.29, 0.717) is 31.6 Å². The van der Waals surface area contributed by atoms with Crippen molar-refractivity contribution >= 4 is 37.6 Å². The van der Waals surface area contributed by atoms with Crippen LogP contribution >= 0.6 is 11.3 Å². The van der Waals surface area contributed by atoms with Crippen LogP contribution in [-0.2, 0) is 23.2 Å². The monoisotopic (exact) mass is 396 g/mol. The highest BCUT2D eigenvalue weighted by atomic mass is 32.2. The van der Waals surface area contributed by atoms with Crippen molar-refractivity contribution < 1.29 is 8.42 Å². The Labute approximate surface area is 157 Å². The van der Waals surface area contributed by atoms with Gasteiger partial charge in [-0.3, -0.25) is 0 Å². The summed E-state index contributed by atoms with van der Waals surface area (Å²) in [5.41, 5.74) is 0.997. The Kier molecular flexibility index (Phi) is 4.86. The number of nitrogens with zero attached hydrogens (tertiary/aromatic N) is 3. The normalized spacial score (nSPS) is 24.5. The maximum atomic E-state index is 11.8. The first kappa shape index (κ1) is 18.1. The van der Waals surface area contributed by atoms with Gasteiger partial charge in [0.15, 0.2) is 0 Å². The molecule has 142 valence electrons. The van der Waals surface area contributed by atoms with Crippen LogP contribution in [0.2, 0.25) is 0 Å². The van der Waals surface area contributed by atoms with Crippen molar-refractivity contribution in [2.75, 3.05) is 18.9 Å². The zero-order chi connectivity index (χ0) is 18.3. The molecule has 4 N–H and O–H groups in total. The summed E-state index contributed by atoms with van der Waals surface area (Å²) >= 11 is 1.63. The van der Waals surface area contributed by atoms with E-state index in [2.05, 4.69) is 20.6 Å². The van der Waals surface area contributed by atoms with Crippen molar-refractivity contribution in [2.45, 2.75) is 50.7 Å². The quantitative estimate of drug-likeness (QED) is 0.716. The Hall–Kier alpha value is -1.33. The summed E-state index contributed by atoms with van der Waals surface area (Å²) < 4.78 is 24.9. The first-order valence-electron chi connectivity index (χ1n) is 8.92. The highest BCUT2D eigenvalue weighted by molar-refractivity contribution is 7.86. The van der Waals surface area contributed by atoms with E-state index in [1.165, 1.54) is 9.18 Å². The fourth-order valence-corrected chi connectivity index (χ4v) is 5.73. The molecule has 1 aliphatic carbocycles. The van der Waals surface area contributed by atoms with Crippen molar-refractivity contribution in [1.82, 2.24) is 19.6 Å². The van der Waals surface area contributed by atoms with Crippen LogP contribution in [0.5, 0.6) is 0 Å². The van der Waals surface area contributed by atoms with Crippen molar-refractivity contribution in [3.63, 3.8) is 0 Å². The van der Waals surface area contributed by atoms with Crippen molar-refractivity contribution in [2.24, 2.45) is 5.14 Å². The van der Waals surface area contributed by atoms with Gasteiger partial charge in [0.2, 0.25) is 0 Å². The van der Waals surface area contributed by atoms with E-state index in [0.717, 1.165) is 47.3 Å². The first-order chi connectivity index (χ1) is 12.5. The molecule has 8 nitrogen and oxygen atoms in total. The molecule has 0 spiro atoms. The second kappa shape index (κ2) is 7.01. The Morgan fingerprint density at radius 2 is 1.96 bits per heavy atom. The van der Waals surface area contributed by atoms with Crippen molar-refractivity contribution in [3.8, 4) is 0 Å². The van der Waals surface area contributed by atoms with Gasteiger partial charge in [-0.25, -0.2) is 15.1 Å². The smallest absolute Gasteiger partial charge is 0.277 e. The van der Waals surface area contributed by atoms with Crippen molar-refractivity contribution in [1.29, 1.82) is 0 Å². The van der Waals surface area contributed by atoms with Crippen LogP contribution in [0, 0.1) is 0 Å². The average Bonchev–Trinajstić information content (AvgIpc) is 3.00. The number of nitrogens with one attached hydrogen (secondary N) is 2. The van der Waals surface area contributed by atoms with Crippen LogP contribution in [-0.4, -0.2) is 48.4 Å². The van der Waals surface area contributed by atoms with Gasteiger partial charge in [0.25, 0.3) is 10.2 Å². The minimum atomic E-state index is -3.69. The molecule has 1 aliphatic heterocycles. The Balaban J connectivity index is 1.64. The minimum Gasteiger partial charge on any atom is -0.367 e. The Bertz CT molecular complexity index is 905. The predicted molar refractivity (Wildman–Crippen MR) is 103 cm³/mol. The average molecular weight is 397 g/mol. The number of anilines is 1. The second-order valence-corrected chi connectivity index (χ2v) is 9.65. The molecule has 0 aromatic carbocycles. The fraction of sp³-hybridized carbons (Fsp3) is 0.625. The van der Waals surface area contributed by atoms with Crippen molar-refractivity contribution in [3.05, 3.63) is 16.8 Å². The molecule has 0 atom stereocenters. The number of hydrogen-bond donors (Lipinski definition) is 3. The Morgan fingerprint density at radius 3 is 2.65 bits per heavy atom. The topological polar surface area (TPSA) is 113 Å². The molecule has 1 saturated carbocycles. The minimum absolute atomic E-state index is 0.294. The van der Waals surface area contributed by atoms with E-state index in [4.69, 9.17) is 5.14 Å². The summed E-state index contributed by atoms with van der Waals surface area (Å²) in [7, 11) is -1.68. The number of rotatable bonds is 4. The van der Waals surface area contributed by atoms with Gasteiger partial charge in [-0.15, -0.1) is 11.3 Å². The van der Waals surface area contributed by atoms with E-state index in [-0.39, 0.29) is 0 Å². The van der Waals surface area contributed by atoms with Crippen LogP contribution in [0.25, 0.3) is 10.2 Å². The fourth-order valence-electron chi connectivity index (χ4n) is 3.93. The van der Waals surface area contributed by atoms with Crippen LogP contribution < -0.4 is 15.8 Å². The lowest BCUT2D eigenvalue weighted by Crippen LogP contribution is -2.39. The summed E-state index contributed by atoms with van der Waals surface area (Å²) in [6.45, 7) is 0.714. The van der Waals surface area contributed by atoms with Gasteiger partial charge in [-0.1, -0.05) is 0 Å². The van der Waals surface area contributed by atoms with Crippen LogP contribution in [0.3, 0.4) is 0 Å². The molecule has 0 unspecified atom stereocenters. The summed E-state index contributed by atoms with van der Waals surface area (Å²) in [5.74, 6) is 0.816. The number of hydrogen-bond acceptors (Lipinski definition) is 7. The molecule has 2 aromatic rings. The maximum Gasteiger partial charge on any atom is 0.277 e. The molecular formula is C16H24N6O2S2. The summed E-state index contributed by atoms with van der Waals surface area (Å²) in [6, 6.07) is 0.974. The van der Waals surface area contributed by atoms with Crippen LogP contribution in [0.15, 0.2) is 6.33 Å². The van der Waals surface area contributed by atoms with E-state index in [1.807, 2.05) is 7.05 Å².